The average Bonchev–Trinajstić information content (AvgIpc) is 3.31. The molecule has 9 heteroatoms. The molecule has 0 aliphatic heterocycles. The van der Waals surface area contributed by atoms with Crippen molar-refractivity contribution in [3.63, 3.8) is 0 Å². The predicted octanol–water partition coefficient (Wildman–Crippen LogP) is 5.43. The molecular weight excluding hydrogens is 463 g/mol. The van der Waals surface area contributed by atoms with Gasteiger partial charge < -0.3 is 14.8 Å². The van der Waals surface area contributed by atoms with Gasteiger partial charge in [0.15, 0.2) is 0 Å². The molecule has 0 aliphatic rings. The van der Waals surface area contributed by atoms with Gasteiger partial charge >= 0.3 is 6.09 Å². The maximum atomic E-state index is 13.4. The van der Waals surface area contributed by atoms with E-state index in [-0.39, 0.29) is 18.3 Å². The van der Waals surface area contributed by atoms with Crippen molar-refractivity contribution < 1.29 is 23.5 Å². The highest BCUT2D eigenvalue weighted by molar-refractivity contribution is 6.08. The Morgan fingerprint density at radius 2 is 1.67 bits per heavy atom. The minimum atomic E-state index is -0.627. The van der Waals surface area contributed by atoms with Gasteiger partial charge in [-0.2, -0.15) is 5.10 Å². The second-order valence-electron chi connectivity index (χ2n) is 7.97. The van der Waals surface area contributed by atoms with Crippen LogP contribution in [0.25, 0.3) is 16.9 Å². The third-order valence-corrected chi connectivity index (χ3v) is 5.23. The van der Waals surface area contributed by atoms with Gasteiger partial charge in [0.25, 0.3) is 5.91 Å². The number of nitrogens with zero attached hydrogens (tertiary/aromatic N) is 2. The quantitative estimate of drug-likeness (QED) is 0.322. The molecule has 2 amide bonds. The van der Waals surface area contributed by atoms with E-state index in [0.29, 0.717) is 34.9 Å². The van der Waals surface area contributed by atoms with Gasteiger partial charge in [0.2, 0.25) is 0 Å². The van der Waals surface area contributed by atoms with Crippen molar-refractivity contribution in [1.82, 2.24) is 9.78 Å². The molecule has 1 heterocycles. The Hall–Kier alpha value is -4.50. The number of rotatable bonds is 8. The lowest BCUT2D eigenvalue weighted by Gasteiger charge is -2.09. The lowest BCUT2D eigenvalue weighted by molar-refractivity contribution is 0.102. The van der Waals surface area contributed by atoms with E-state index in [0.717, 1.165) is 11.1 Å². The lowest BCUT2D eigenvalue weighted by Crippen LogP contribution is -2.17. The summed E-state index contributed by atoms with van der Waals surface area (Å²) in [5.41, 5.74) is 4.15. The molecule has 0 unspecified atom stereocenters. The summed E-state index contributed by atoms with van der Waals surface area (Å²) >= 11 is 0. The number of benzene rings is 3. The molecule has 4 rings (SSSR count). The number of carbonyl (C=O) groups excluding carboxylic acids is 2. The minimum absolute atomic E-state index is 0.124. The molecule has 0 saturated carbocycles. The van der Waals surface area contributed by atoms with E-state index in [2.05, 4.69) is 15.7 Å². The largest absolute Gasteiger partial charge is 0.447 e. The first-order valence-electron chi connectivity index (χ1n) is 11.2. The topological polar surface area (TPSA) is 94.5 Å². The van der Waals surface area contributed by atoms with Crippen LogP contribution in [0.15, 0.2) is 79.0 Å². The van der Waals surface area contributed by atoms with Crippen molar-refractivity contribution in [3.05, 3.63) is 95.9 Å². The van der Waals surface area contributed by atoms with Crippen LogP contribution >= 0.6 is 0 Å². The summed E-state index contributed by atoms with van der Waals surface area (Å²) in [5, 5.41) is 10.1. The number of amides is 2. The molecule has 8 nitrogen and oxygen atoms in total. The molecule has 36 heavy (non-hydrogen) atoms. The fourth-order valence-corrected chi connectivity index (χ4v) is 3.52. The second kappa shape index (κ2) is 11.3. The number of ether oxygens (including phenoxy) is 2. The molecule has 0 radical (unpaired) electrons. The van der Waals surface area contributed by atoms with Gasteiger partial charge in [-0.3, -0.25) is 10.1 Å². The maximum absolute atomic E-state index is 13.4. The summed E-state index contributed by atoms with van der Waals surface area (Å²) in [6, 6.07) is 20.2. The van der Waals surface area contributed by atoms with Gasteiger partial charge in [-0.1, -0.05) is 29.8 Å². The van der Waals surface area contributed by atoms with E-state index >= 15 is 0 Å². The van der Waals surface area contributed by atoms with Crippen LogP contribution in [0.3, 0.4) is 0 Å². The SMILES string of the molecule is COCCOC(=O)Nc1cccc(NC(=O)c2cn(-c3ccc(F)cc3)nc2-c2cccc(C)c2)c1. The van der Waals surface area contributed by atoms with Crippen molar-refractivity contribution in [2.75, 3.05) is 31.0 Å². The highest BCUT2D eigenvalue weighted by Gasteiger charge is 2.19. The first-order chi connectivity index (χ1) is 17.4. The lowest BCUT2D eigenvalue weighted by atomic mass is 10.1. The van der Waals surface area contributed by atoms with Crippen LogP contribution in [0.2, 0.25) is 0 Å². The molecule has 3 aromatic carbocycles. The minimum Gasteiger partial charge on any atom is -0.447 e. The number of hydrogen-bond donors (Lipinski definition) is 2. The third kappa shape index (κ3) is 6.13. The molecule has 0 spiro atoms. The van der Waals surface area contributed by atoms with E-state index in [1.807, 2.05) is 31.2 Å². The summed E-state index contributed by atoms with van der Waals surface area (Å²) in [6.45, 7) is 2.37. The highest BCUT2D eigenvalue weighted by Crippen LogP contribution is 2.26. The van der Waals surface area contributed by atoms with Crippen molar-refractivity contribution in [2.45, 2.75) is 6.92 Å². The number of aromatic nitrogens is 2. The second-order valence-corrected chi connectivity index (χ2v) is 7.97. The van der Waals surface area contributed by atoms with Gasteiger partial charge in [0.1, 0.15) is 18.1 Å². The molecular formula is C27H25FN4O4. The highest BCUT2D eigenvalue weighted by atomic mass is 19.1. The molecule has 1 aromatic heterocycles. The van der Waals surface area contributed by atoms with Gasteiger partial charge in [-0.15, -0.1) is 0 Å². The molecule has 0 bridgehead atoms. The van der Waals surface area contributed by atoms with E-state index in [1.165, 1.54) is 19.2 Å². The smallest absolute Gasteiger partial charge is 0.411 e. The Morgan fingerprint density at radius 3 is 2.39 bits per heavy atom. The first-order valence-corrected chi connectivity index (χ1v) is 11.2. The molecule has 0 saturated heterocycles. The van der Waals surface area contributed by atoms with Crippen LogP contribution in [0, 0.1) is 12.7 Å². The van der Waals surface area contributed by atoms with Crippen LogP contribution in [-0.4, -0.2) is 42.1 Å². The van der Waals surface area contributed by atoms with E-state index in [4.69, 9.17) is 9.47 Å². The summed E-state index contributed by atoms with van der Waals surface area (Å²) in [7, 11) is 1.52. The predicted molar refractivity (Wildman–Crippen MR) is 135 cm³/mol. The Balaban J connectivity index is 1.59. The molecule has 2 N–H and O–H groups in total. The zero-order valence-electron chi connectivity index (χ0n) is 19.8. The molecule has 0 fully saturated rings. The fraction of sp³-hybridized carbons (Fsp3) is 0.148. The van der Waals surface area contributed by atoms with Crippen molar-refractivity contribution in [3.8, 4) is 16.9 Å². The monoisotopic (exact) mass is 488 g/mol. The van der Waals surface area contributed by atoms with E-state index in [1.54, 1.807) is 47.3 Å². The summed E-state index contributed by atoms with van der Waals surface area (Å²) in [6.07, 6.45) is 0.980. The average molecular weight is 489 g/mol. The molecule has 4 aromatic rings. The summed E-state index contributed by atoms with van der Waals surface area (Å²) in [4.78, 5) is 25.3. The van der Waals surface area contributed by atoms with E-state index < -0.39 is 6.09 Å². The van der Waals surface area contributed by atoms with Crippen molar-refractivity contribution in [2.24, 2.45) is 0 Å². The normalized spacial score (nSPS) is 10.6. The van der Waals surface area contributed by atoms with Crippen LogP contribution in [0.1, 0.15) is 15.9 Å². The van der Waals surface area contributed by atoms with Gasteiger partial charge in [0, 0.05) is 30.2 Å². The van der Waals surface area contributed by atoms with Crippen molar-refractivity contribution in [1.29, 1.82) is 0 Å². The summed E-state index contributed by atoms with van der Waals surface area (Å²) in [5.74, 6) is -0.751. The molecule has 184 valence electrons. The Morgan fingerprint density at radius 1 is 0.944 bits per heavy atom. The van der Waals surface area contributed by atoms with Crippen LogP contribution in [-0.2, 0) is 9.47 Å². The standard InChI is InChI=1S/C27H25FN4O4/c1-18-5-3-6-19(15-18)25-24(17-32(31-25)23-11-9-20(28)10-12-23)26(33)29-21-7-4-8-22(16-21)30-27(34)36-14-13-35-2/h3-12,15-17H,13-14H2,1-2H3,(H,29,33)(H,30,34). The number of aryl methyl sites for hydroxylation is 1. The van der Waals surface area contributed by atoms with Crippen LogP contribution < -0.4 is 10.6 Å². The fourth-order valence-electron chi connectivity index (χ4n) is 3.52. The zero-order chi connectivity index (χ0) is 25.5. The Kier molecular flexibility index (Phi) is 7.72. The van der Waals surface area contributed by atoms with Gasteiger partial charge in [0.05, 0.1) is 17.9 Å². The number of anilines is 2. The number of nitrogens with one attached hydrogen (secondary N) is 2. The van der Waals surface area contributed by atoms with Crippen molar-refractivity contribution >= 4 is 23.4 Å². The number of methoxy groups -OCH3 is 1. The molecule has 0 atom stereocenters. The maximum Gasteiger partial charge on any atom is 0.411 e. The Bertz CT molecular complexity index is 1370. The molecule has 0 aliphatic carbocycles. The van der Waals surface area contributed by atoms with E-state index in [9.17, 15) is 14.0 Å². The first kappa shape index (κ1) is 24.6. The number of hydrogen-bond acceptors (Lipinski definition) is 5. The van der Waals surface area contributed by atoms with Gasteiger partial charge in [-0.25, -0.2) is 13.9 Å². The summed E-state index contributed by atoms with van der Waals surface area (Å²) < 4.78 is 24.8. The number of halogens is 1. The third-order valence-electron chi connectivity index (χ3n) is 5.23. The van der Waals surface area contributed by atoms with Crippen LogP contribution in [0.4, 0.5) is 20.6 Å². The number of carbonyl (C=O) groups is 2. The van der Waals surface area contributed by atoms with Crippen LogP contribution in [0.5, 0.6) is 0 Å². The Labute approximate surface area is 207 Å². The van der Waals surface area contributed by atoms with Gasteiger partial charge in [-0.05, 0) is 55.5 Å². The zero-order valence-corrected chi connectivity index (χ0v) is 19.8.